The van der Waals surface area contributed by atoms with Crippen LogP contribution in [0.4, 0.5) is 0 Å². The predicted octanol–water partition coefficient (Wildman–Crippen LogP) is 2.01. The molecule has 0 aliphatic carbocycles. The zero-order valence-electron chi connectivity index (χ0n) is 9.38. The highest BCUT2D eigenvalue weighted by Gasteiger charge is 2.13. The van der Waals surface area contributed by atoms with Gasteiger partial charge in [-0.1, -0.05) is 6.08 Å². The molecule has 0 spiro atoms. The number of nitrogens with two attached hydrogens (primary N) is 1. The van der Waals surface area contributed by atoms with Crippen molar-refractivity contribution in [3.05, 3.63) is 12.2 Å². The van der Waals surface area contributed by atoms with Crippen LogP contribution in [0, 0.1) is 0 Å². The van der Waals surface area contributed by atoms with Gasteiger partial charge in [0.2, 0.25) is 0 Å². The first-order valence-electron chi connectivity index (χ1n) is 5.05. The van der Waals surface area contributed by atoms with E-state index in [1.54, 1.807) is 0 Å². The first kappa shape index (κ1) is 13.2. The standard InChI is InChI=1S/C11H21NO2/c1-11(2,3)14-10(13)8-6-4-5-7-9-12/h6,8H,4-5,7,9,12H2,1-3H3/b8-6+. The number of rotatable bonds is 5. The molecule has 2 N–H and O–H groups in total. The average molecular weight is 199 g/mol. The Morgan fingerprint density at radius 3 is 2.50 bits per heavy atom. The Morgan fingerprint density at radius 2 is 2.00 bits per heavy atom. The minimum absolute atomic E-state index is 0.273. The summed E-state index contributed by atoms with van der Waals surface area (Å²) in [6, 6.07) is 0. The fourth-order valence-electron chi connectivity index (χ4n) is 0.922. The normalized spacial score (nSPS) is 12.0. The summed E-state index contributed by atoms with van der Waals surface area (Å²) in [4.78, 5) is 11.2. The highest BCUT2D eigenvalue weighted by atomic mass is 16.6. The molecule has 82 valence electrons. The number of ether oxygens (including phenoxy) is 1. The van der Waals surface area contributed by atoms with E-state index in [0.717, 1.165) is 19.3 Å². The average Bonchev–Trinajstić information content (AvgIpc) is 2.00. The lowest BCUT2D eigenvalue weighted by Gasteiger charge is -2.17. The summed E-state index contributed by atoms with van der Waals surface area (Å²) in [5, 5.41) is 0. The molecule has 0 saturated heterocycles. The van der Waals surface area contributed by atoms with Gasteiger partial charge in [0, 0.05) is 6.08 Å². The van der Waals surface area contributed by atoms with Crippen molar-refractivity contribution in [2.24, 2.45) is 5.73 Å². The summed E-state index contributed by atoms with van der Waals surface area (Å²) in [6.45, 7) is 6.27. The number of allylic oxidation sites excluding steroid dienone is 1. The zero-order chi connectivity index (χ0) is 11.0. The van der Waals surface area contributed by atoms with Crippen LogP contribution in [0.5, 0.6) is 0 Å². The maximum Gasteiger partial charge on any atom is 0.330 e. The van der Waals surface area contributed by atoms with Crippen LogP contribution >= 0.6 is 0 Å². The third-order valence-corrected chi connectivity index (χ3v) is 1.49. The van der Waals surface area contributed by atoms with Crippen LogP contribution in [0.1, 0.15) is 40.0 Å². The Labute approximate surface area is 86.3 Å². The Bertz CT molecular complexity index is 192. The summed E-state index contributed by atoms with van der Waals surface area (Å²) >= 11 is 0. The van der Waals surface area contributed by atoms with Gasteiger partial charge in [0.1, 0.15) is 5.60 Å². The maximum atomic E-state index is 11.2. The van der Waals surface area contributed by atoms with Crippen LogP contribution < -0.4 is 5.73 Å². The summed E-state index contributed by atoms with van der Waals surface area (Å²) in [7, 11) is 0. The monoisotopic (exact) mass is 199 g/mol. The molecule has 0 fully saturated rings. The molecule has 0 bridgehead atoms. The summed E-state index contributed by atoms with van der Waals surface area (Å²) in [5.74, 6) is -0.273. The Hall–Kier alpha value is -0.830. The van der Waals surface area contributed by atoms with Gasteiger partial charge in [-0.25, -0.2) is 4.79 Å². The Morgan fingerprint density at radius 1 is 1.36 bits per heavy atom. The van der Waals surface area contributed by atoms with Gasteiger partial charge in [0.05, 0.1) is 0 Å². The van der Waals surface area contributed by atoms with Crippen molar-refractivity contribution in [3.63, 3.8) is 0 Å². The SMILES string of the molecule is CC(C)(C)OC(=O)/C=C/CCCCN. The molecule has 0 unspecified atom stereocenters. The first-order valence-corrected chi connectivity index (χ1v) is 5.05. The molecule has 0 heterocycles. The van der Waals surface area contributed by atoms with Crippen molar-refractivity contribution >= 4 is 5.97 Å². The van der Waals surface area contributed by atoms with Crippen LogP contribution in [0.15, 0.2) is 12.2 Å². The van der Waals surface area contributed by atoms with Gasteiger partial charge in [0.25, 0.3) is 0 Å². The molecule has 3 nitrogen and oxygen atoms in total. The molecule has 0 aliphatic heterocycles. The topological polar surface area (TPSA) is 52.3 Å². The molecular formula is C11H21NO2. The summed E-state index contributed by atoms with van der Waals surface area (Å²) in [6.07, 6.45) is 6.23. The van der Waals surface area contributed by atoms with E-state index in [0.29, 0.717) is 6.54 Å². The second-order valence-corrected chi connectivity index (χ2v) is 4.22. The molecule has 0 aromatic heterocycles. The summed E-state index contributed by atoms with van der Waals surface area (Å²) < 4.78 is 5.09. The molecule has 0 saturated carbocycles. The van der Waals surface area contributed by atoms with E-state index in [1.165, 1.54) is 6.08 Å². The number of esters is 1. The molecule has 0 radical (unpaired) electrons. The van der Waals surface area contributed by atoms with Gasteiger partial charge in [-0.2, -0.15) is 0 Å². The molecule has 0 amide bonds. The van der Waals surface area contributed by atoms with Crippen LogP contribution in [0.3, 0.4) is 0 Å². The van der Waals surface area contributed by atoms with E-state index in [4.69, 9.17) is 10.5 Å². The van der Waals surface area contributed by atoms with Gasteiger partial charge in [-0.05, 0) is 46.6 Å². The second-order valence-electron chi connectivity index (χ2n) is 4.22. The highest BCUT2D eigenvalue weighted by Crippen LogP contribution is 2.07. The largest absolute Gasteiger partial charge is 0.457 e. The third-order valence-electron chi connectivity index (χ3n) is 1.49. The maximum absolute atomic E-state index is 11.2. The number of carbonyl (C=O) groups excluding carboxylic acids is 1. The fraction of sp³-hybridized carbons (Fsp3) is 0.727. The molecule has 14 heavy (non-hydrogen) atoms. The first-order chi connectivity index (χ1) is 6.45. The Balaban J connectivity index is 3.61. The van der Waals surface area contributed by atoms with E-state index in [2.05, 4.69) is 0 Å². The number of hydrogen-bond acceptors (Lipinski definition) is 3. The van der Waals surface area contributed by atoms with E-state index in [1.807, 2.05) is 26.8 Å². The fourth-order valence-corrected chi connectivity index (χ4v) is 0.922. The van der Waals surface area contributed by atoms with Crippen LogP contribution in [-0.4, -0.2) is 18.1 Å². The zero-order valence-corrected chi connectivity index (χ0v) is 9.38. The smallest absolute Gasteiger partial charge is 0.330 e. The molecule has 0 aromatic carbocycles. The highest BCUT2D eigenvalue weighted by molar-refractivity contribution is 5.82. The third kappa shape index (κ3) is 9.26. The van der Waals surface area contributed by atoms with Crippen molar-refractivity contribution in [2.45, 2.75) is 45.6 Å². The molecular weight excluding hydrogens is 178 g/mol. The molecule has 0 aliphatic rings. The van der Waals surface area contributed by atoms with Gasteiger partial charge < -0.3 is 10.5 Å². The minimum Gasteiger partial charge on any atom is -0.457 e. The second kappa shape index (κ2) is 6.60. The van der Waals surface area contributed by atoms with Crippen molar-refractivity contribution in [1.29, 1.82) is 0 Å². The minimum atomic E-state index is -0.404. The van der Waals surface area contributed by atoms with Crippen molar-refractivity contribution in [1.82, 2.24) is 0 Å². The quantitative estimate of drug-likeness (QED) is 0.418. The molecule has 0 atom stereocenters. The Kier molecular flexibility index (Phi) is 6.21. The summed E-state index contributed by atoms with van der Waals surface area (Å²) in [5.41, 5.74) is 4.93. The van der Waals surface area contributed by atoms with E-state index in [9.17, 15) is 4.79 Å². The van der Waals surface area contributed by atoms with E-state index < -0.39 is 5.60 Å². The predicted molar refractivity (Wildman–Crippen MR) is 57.9 cm³/mol. The van der Waals surface area contributed by atoms with Gasteiger partial charge >= 0.3 is 5.97 Å². The van der Waals surface area contributed by atoms with Crippen molar-refractivity contribution in [3.8, 4) is 0 Å². The molecule has 0 rings (SSSR count). The molecule has 3 heteroatoms. The number of hydrogen-bond donors (Lipinski definition) is 1. The number of carbonyl (C=O) groups is 1. The van der Waals surface area contributed by atoms with Gasteiger partial charge in [-0.3, -0.25) is 0 Å². The molecule has 0 aromatic rings. The van der Waals surface area contributed by atoms with E-state index >= 15 is 0 Å². The van der Waals surface area contributed by atoms with Crippen LogP contribution in [-0.2, 0) is 9.53 Å². The van der Waals surface area contributed by atoms with Crippen molar-refractivity contribution < 1.29 is 9.53 Å². The van der Waals surface area contributed by atoms with Gasteiger partial charge in [-0.15, -0.1) is 0 Å². The number of unbranched alkanes of at least 4 members (excludes halogenated alkanes) is 2. The lowest BCUT2D eigenvalue weighted by molar-refractivity contribution is -0.148. The van der Waals surface area contributed by atoms with Crippen molar-refractivity contribution in [2.75, 3.05) is 6.54 Å². The lowest BCUT2D eigenvalue weighted by atomic mass is 10.2. The van der Waals surface area contributed by atoms with E-state index in [-0.39, 0.29) is 5.97 Å². The van der Waals surface area contributed by atoms with Crippen LogP contribution in [0.2, 0.25) is 0 Å². The van der Waals surface area contributed by atoms with Crippen LogP contribution in [0.25, 0.3) is 0 Å². The van der Waals surface area contributed by atoms with Gasteiger partial charge in [0.15, 0.2) is 0 Å². The lowest BCUT2D eigenvalue weighted by Crippen LogP contribution is -2.22.